The van der Waals surface area contributed by atoms with Crippen molar-refractivity contribution in [1.29, 1.82) is 0 Å². The predicted octanol–water partition coefficient (Wildman–Crippen LogP) is 4.38. The van der Waals surface area contributed by atoms with Gasteiger partial charge in [0.1, 0.15) is 16.8 Å². The topological polar surface area (TPSA) is 37.8 Å². The molecule has 0 aliphatic rings. The first-order valence-corrected chi connectivity index (χ1v) is 7.25. The van der Waals surface area contributed by atoms with Crippen LogP contribution in [-0.4, -0.2) is 16.0 Å². The molecule has 102 valence electrons. The normalized spacial score (nSPS) is 12.5. The molecule has 0 aromatic carbocycles. The average Bonchev–Trinajstić information content (AvgIpc) is 2.35. The highest BCUT2D eigenvalue weighted by molar-refractivity contribution is 6.30. The summed E-state index contributed by atoms with van der Waals surface area (Å²) in [7, 11) is 0. The summed E-state index contributed by atoms with van der Waals surface area (Å²) in [4.78, 5) is 8.76. The lowest BCUT2D eigenvalue weighted by molar-refractivity contribution is 0.613. The van der Waals surface area contributed by atoms with Gasteiger partial charge in [0, 0.05) is 18.0 Å². The summed E-state index contributed by atoms with van der Waals surface area (Å²) in [6, 6.07) is 0.422. The summed E-state index contributed by atoms with van der Waals surface area (Å²) in [5, 5.41) is 4.01. The molecule has 0 aliphatic heterocycles. The van der Waals surface area contributed by atoms with E-state index in [0.29, 0.717) is 11.2 Å². The smallest absolute Gasteiger partial charge is 0.137 e. The predicted molar refractivity (Wildman–Crippen MR) is 78.4 cm³/mol. The molecule has 0 fully saturated rings. The molecular weight excluding hydrogens is 246 g/mol. The van der Waals surface area contributed by atoms with Gasteiger partial charge in [-0.1, -0.05) is 44.7 Å². The molecular formula is C14H24ClN3. The summed E-state index contributed by atoms with van der Waals surface area (Å²) >= 11 is 6.12. The van der Waals surface area contributed by atoms with E-state index in [-0.39, 0.29) is 0 Å². The van der Waals surface area contributed by atoms with Gasteiger partial charge in [-0.15, -0.1) is 0 Å². The number of rotatable bonds is 7. The summed E-state index contributed by atoms with van der Waals surface area (Å²) < 4.78 is 0. The zero-order chi connectivity index (χ0) is 13.5. The van der Waals surface area contributed by atoms with Crippen molar-refractivity contribution in [2.45, 2.75) is 65.8 Å². The molecule has 0 saturated heterocycles. The van der Waals surface area contributed by atoms with Gasteiger partial charge >= 0.3 is 0 Å². The molecule has 0 spiro atoms. The Morgan fingerprint density at radius 3 is 2.56 bits per heavy atom. The standard InChI is InChI=1S/C14H24ClN3/c1-5-7-8-9-10(3)16-14-11(4)13(15)17-12(6-2)18-14/h10H,5-9H2,1-4H3,(H,16,17,18). The second-order valence-corrected chi connectivity index (χ2v) is 5.16. The quantitative estimate of drug-likeness (QED) is 0.590. The molecule has 0 saturated carbocycles. The minimum Gasteiger partial charge on any atom is -0.367 e. The molecule has 0 radical (unpaired) electrons. The van der Waals surface area contributed by atoms with Crippen LogP contribution in [0.15, 0.2) is 0 Å². The summed E-state index contributed by atoms with van der Waals surface area (Å²) in [5.41, 5.74) is 0.941. The fourth-order valence-corrected chi connectivity index (χ4v) is 2.02. The molecule has 0 amide bonds. The maximum Gasteiger partial charge on any atom is 0.137 e. The van der Waals surface area contributed by atoms with E-state index in [0.717, 1.165) is 30.0 Å². The third-order valence-corrected chi connectivity index (χ3v) is 3.44. The van der Waals surface area contributed by atoms with E-state index < -0.39 is 0 Å². The summed E-state index contributed by atoms with van der Waals surface area (Å²) in [5.74, 6) is 1.68. The first-order chi connectivity index (χ1) is 8.58. The van der Waals surface area contributed by atoms with Crippen LogP contribution in [0.25, 0.3) is 0 Å². The van der Waals surface area contributed by atoms with E-state index in [1.165, 1.54) is 19.3 Å². The molecule has 1 N–H and O–H groups in total. The van der Waals surface area contributed by atoms with Crippen molar-refractivity contribution >= 4 is 17.4 Å². The van der Waals surface area contributed by atoms with E-state index in [1.807, 2.05) is 13.8 Å². The van der Waals surface area contributed by atoms with Crippen LogP contribution in [0.2, 0.25) is 5.15 Å². The van der Waals surface area contributed by atoms with Gasteiger partial charge in [-0.2, -0.15) is 0 Å². The van der Waals surface area contributed by atoms with Crippen LogP contribution < -0.4 is 5.32 Å². The maximum absolute atomic E-state index is 6.12. The van der Waals surface area contributed by atoms with Gasteiger partial charge in [-0.05, 0) is 20.3 Å². The molecule has 3 nitrogen and oxygen atoms in total. The van der Waals surface area contributed by atoms with Crippen molar-refractivity contribution in [3.63, 3.8) is 0 Å². The number of aromatic nitrogens is 2. The first kappa shape index (κ1) is 15.2. The first-order valence-electron chi connectivity index (χ1n) is 6.88. The fraction of sp³-hybridized carbons (Fsp3) is 0.714. The molecule has 1 heterocycles. The molecule has 1 rings (SSSR count). The SMILES string of the molecule is CCCCCC(C)Nc1nc(CC)nc(Cl)c1C. The van der Waals surface area contributed by atoms with E-state index in [1.54, 1.807) is 0 Å². The zero-order valence-corrected chi connectivity index (χ0v) is 12.6. The van der Waals surface area contributed by atoms with Gasteiger partial charge in [0.15, 0.2) is 0 Å². The number of nitrogens with one attached hydrogen (secondary N) is 1. The van der Waals surface area contributed by atoms with Gasteiger partial charge in [-0.25, -0.2) is 9.97 Å². The molecule has 18 heavy (non-hydrogen) atoms. The second-order valence-electron chi connectivity index (χ2n) is 4.80. The highest BCUT2D eigenvalue weighted by Crippen LogP contribution is 2.21. The summed E-state index contributed by atoms with van der Waals surface area (Å²) in [6.07, 6.45) is 5.76. The Morgan fingerprint density at radius 2 is 1.94 bits per heavy atom. The van der Waals surface area contributed by atoms with Crippen LogP contribution in [0.4, 0.5) is 5.82 Å². The molecule has 1 unspecified atom stereocenters. The molecule has 4 heteroatoms. The number of aryl methyl sites for hydroxylation is 1. The van der Waals surface area contributed by atoms with Gasteiger partial charge in [0.25, 0.3) is 0 Å². The Labute approximate surface area is 115 Å². The Morgan fingerprint density at radius 1 is 1.22 bits per heavy atom. The van der Waals surface area contributed by atoms with Crippen molar-refractivity contribution in [2.75, 3.05) is 5.32 Å². The molecule has 0 bridgehead atoms. The van der Waals surface area contributed by atoms with Crippen LogP contribution in [0.5, 0.6) is 0 Å². The van der Waals surface area contributed by atoms with E-state index in [4.69, 9.17) is 11.6 Å². The Kier molecular flexibility index (Phi) is 6.41. The van der Waals surface area contributed by atoms with Gasteiger partial charge in [0.2, 0.25) is 0 Å². The minimum atomic E-state index is 0.422. The monoisotopic (exact) mass is 269 g/mol. The van der Waals surface area contributed by atoms with Crippen LogP contribution in [0.3, 0.4) is 0 Å². The third-order valence-electron chi connectivity index (χ3n) is 3.07. The Hall–Kier alpha value is -0.830. The highest BCUT2D eigenvalue weighted by atomic mass is 35.5. The summed E-state index contributed by atoms with van der Waals surface area (Å²) in [6.45, 7) is 8.41. The van der Waals surface area contributed by atoms with Gasteiger partial charge < -0.3 is 5.32 Å². The number of unbranched alkanes of at least 4 members (excludes halogenated alkanes) is 2. The molecule has 1 aromatic rings. The maximum atomic E-state index is 6.12. The zero-order valence-electron chi connectivity index (χ0n) is 11.9. The molecule has 1 atom stereocenters. The Bertz CT molecular complexity index is 380. The van der Waals surface area contributed by atoms with Crippen molar-refractivity contribution in [3.05, 3.63) is 16.5 Å². The van der Waals surface area contributed by atoms with Gasteiger partial charge in [-0.3, -0.25) is 0 Å². The second kappa shape index (κ2) is 7.57. The largest absolute Gasteiger partial charge is 0.367 e. The minimum absolute atomic E-state index is 0.422. The molecule has 0 aliphatic carbocycles. The lowest BCUT2D eigenvalue weighted by Crippen LogP contribution is -2.17. The van der Waals surface area contributed by atoms with Crippen LogP contribution in [-0.2, 0) is 6.42 Å². The van der Waals surface area contributed by atoms with E-state index in [2.05, 4.69) is 29.1 Å². The highest BCUT2D eigenvalue weighted by Gasteiger charge is 2.10. The lowest BCUT2D eigenvalue weighted by Gasteiger charge is -2.17. The number of anilines is 1. The fourth-order valence-electron chi connectivity index (χ4n) is 1.84. The number of hydrogen-bond acceptors (Lipinski definition) is 3. The number of nitrogens with zero attached hydrogens (tertiary/aromatic N) is 2. The van der Waals surface area contributed by atoms with Crippen molar-refractivity contribution < 1.29 is 0 Å². The van der Waals surface area contributed by atoms with Crippen LogP contribution >= 0.6 is 11.6 Å². The Balaban J connectivity index is 2.68. The van der Waals surface area contributed by atoms with Crippen LogP contribution in [0, 0.1) is 6.92 Å². The number of halogens is 1. The molecule has 1 aromatic heterocycles. The van der Waals surface area contributed by atoms with Crippen molar-refractivity contribution in [1.82, 2.24) is 9.97 Å². The lowest BCUT2D eigenvalue weighted by atomic mass is 10.1. The third kappa shape index (κ3) is 4.45. The van der Waals surface area contributed by atoms with E-state index >= 15 is 0 Å². The number of hydrogen-bond donors (Lipinski definition) is 1. The average molecular weight is 270 g/mol. The van der Waals surface area contributed by atoms with E-state index in [9.17, 15) is 0 Å². The van der Waals surface area contributed by atoms with Crippen LogP contribution in [0.1, 0.15) is 57.8 Å². The van der Waals surface area contributed by atoms with Gasteiger partial charge in [0.05, 0.1) is 0 Å². The van der Waals surface area contributed by atoms with Crippen molar-refractivity contribution in [2.24, 2.45) is 0 Å². The van der Waals surface area contributed by atoms with Crippen molar-refractivity contribution in [3.8, 4) is 0 Å².